The van der Waals surface area contributed by atoms with Crippen molar-refractivity contribution in [2.75, 3.05) is 69.4 Å². The summed E-state index contributed by atoms with van der Waals surface area (Å²) in [7, 11) is -3.75. The Bertz CT molecular complexity index is 1620. The van der Waals surface area contributed by atoms with Crippen LogP contribution in [0.2, 0.25) is 0 Å². The van der Waals surface area contributed by atoms with Crippen LogP contribution in [0.5, 0.6) is 17.2 Å². The van der Waals surface area contributed by atoms with Gasteiger partial charge in [-0.25, -0.2) is 12.8 Å². The van der Waals surface area contributed by atoms with Crippen molar-refractivity contribution in [3.8, 4) is 17.2 Å². The third-order valence-corrected chi connectivity index (χ3v) is 9.79. The summed E-state index contributed by atoms with van der Waals surface area (Å²) in [5, 5.41) is 2.95. The number of hydrogen-bond acceptors (Lipinski definition) is 8. The van der Waals surface area contributed by atoms with Crippen LogP contribution in [0.15, 0.2) is 71.6 Å². The fourth-order valence-electron chi connectivity index (χ4n) is 5.50. The first kappa shape index (κ1) is 34.2. The number of anilines is 2. The zero-order valence-electron chi connectivity index (χ0n) is 26.7. The Hall–Kier alpha value is -4.13. The van der Waals surface area contributed by atoms with Gasteiger partial charge in [0.15, 0.2) is 11.5 Å². The highest BCUT2D eigenvalue weighted by atomic mass is 32.2. The third kappa shape index (κ3) is 9.46. The minimum atomic E-state index is -3.75. The molecule has 0 unspecified atom stereocenters. The number of halogens is 1. The second-order valence-corrected chi connectivity index (χ2v) is 13.1. The van der Waals surface area contributed by atoms with Gasteiger partial charge in [0.05, 0.1) is 36.1 Å². The zero-order valence-corrected chi connectivity index (χ0v) is 27.5. The van der Waals surface area contributed by atoms with Gasteiger partial charge in [-0.05, 0) is 86.0 Å². The van der Waals surface area contributed by atoms with E-state index in [0.717, 1.165) is 50.0 Å². The molecule has 2 fully saturated rings. The Morgan fingerprint density at radius 1 is 0.872 bits per heavy atom. The van der Waals surface area contributed by atoms with Crippen molar-refractivity contribution < 1.29 is 36.6 Å². The molecular weight excluding hydrogens is 625 g/mol. The molecule has 1 N–H and O–H groups in total. The van der Waals surface area contributed by atoms with Crippen LogP contribution in [0.25, 0.3) is 6.08 Å². The molecule has 47 heavy (non-hydrogen) atoms. The maximum Gasteiger partial charge on any atom is 0.248 e. The number of ether oxygens (including phenoxy) is 4. The van der Waals surface area contributed by atoms with Crippen molar-refractivity contribution in [3.05, 3.63) is 78.1 Å². The highest BCUT2D eigenvalue weighted by Crippen LogP contribution is 2.33. The Morgan fingerprint density at radius 3 is 2.32 bits per heavy atom. The predicted octanol–water partition coefficient (Wildman–Crippen LogP) is 5.74. The van der Waals surface area contributed by atoms with E-state index in [1.807, 2.05) is 6.92 Å². The van der Waals surface area contributed by atoms with Crippen LogP contribution in [-0.4, -0.2) is 77.8 Å². The molecule has 2 aliphatic heterocycles. The van der Waals surface area contributed by atoms with Crippen LogP contribution in [0.1, 0.15) is 38.2 Å². The number of carbonyl (C=O) groups excluding carboxylic acids is 1. The van der Waals surface area contributed by atoms with Crippen LogP contribution in [-0.2, 0) is 19.6 Å². The highest BCUT2D eigenvalue weighted by molar-refractivity contribution is 7.89. The molecule has 252 valence electrons. The normalized spacial score (nSPS) is 16.1. The van der Waals surface area contributed by atoms with Gasteiger partial charge in [-0.1, -0.05) is 18.9 Å². The van der Waals surface area contributed by atoms with Gasteiger partial charge in [0, 0.05) is 32.3 Å². The maximum absolute atomic E-state index is 13.4. The molecule has 0 radical (unpaired) electrons. The van der Waals surface area contributed by atoms with E-state index in [9.17, 15) is 17.6 Å². The summed E-state index contributed by atoms with van der Waals surface area (Å²) < 4.78 is 64.0. The minimum Gasteiger partial charge on any atom is -0.490 e. The standard InChI is InChI=1S/C35H42FN3O7S/c1-2-44-34-25-27(7-15-33(34)46-24-23-45-29-11-9-28(36)10-12-29)8-16-35(40)37-31-26-30(47(41,42)39-19-21-43-22-20-39)13-14-32(31)38-17-5-3-4-6-18-38/h7-16,25-26H,2-6,17-24H2,1H3,(H,37,40)/b16-8+. The topological polar surface area (TPSA) is 107 Å². The average Bonchev–Trinajstić information content (AvgIpc) is 3.37. The number of hydrogen-bond donors (Lipinski definition) is 1. The lowest BCUT2D eigenvalue weighted by Crippen LogP contribution is -2.40. The van der Waals surface area contributed by atoms with Gasteiger partial charge in [0.25, 0.3) is 0 Å². The largest absolute Gasteiger partial charge is 0.490 e. The van der Waals surface area contributed by atoms with Crippen molar-refractivity contribution in [1.82, 2.24) is 4.31 Å². The summed E-state index contributed by atoms with van der Waals surface area (Å²) in [6.07, 6.45) is 7.43. The van der Waals surface area contributed by atoms with Crippen molar-refractivity contribution in [2.45, 2.75) is 37.5 Å². The number of morpholine rings is 1. The van der Waals surface area contributed by atoms with Crippen LogP contribution in [0.4, 0.5) is 15.8 Å². The lowest BCUT2D eigenvalue weighted by atomic mass is 10.2. The van der Waals surface area contributed by atoms with Crippen LogP contribution in [0, 0.1) is 5.82 Å². The molecule has 1 amide bonds. The highest BCUT2D eigenvalue weighted by Gasteiger charge is 2.28. The second-order valence-electron chi connectivity index (χ2n) is 11.2. The third-order valence-electron chi connectivity index (χ3n) is 7.90. The van der Waals surface area contributed by atoms with Gasteiger partial charge in [-0.2, -0.15) is 4.31 Å². The molecule has 0 aromatic heterocycles. The van der Waals surface area contributed by atoms with Gasteiger partial charge in [-0.3, -0.25) is 4.79 Å². The van der Waals surface area contributed by atoms with E-state index in [4.69, 9.17) is 18.9 Å². The van der Waals surface area contributed by atoms with Crippen LogP contribution in [0.3, 0.4) is 0 Å². The Kier molecular flexibility index (Phi) is 12.1. The second kappa shape index (κ2) is 16.6. The van der Waals surface area contributed by atoms with Gasteiger partial charge in [0.1, 0.15) is 24.8 Å². The summed E-state index contributed by atoms with van der Waals surface area (Å²) in [5.74, 6) is 0.863. The fraction of sp³-hybridized carbons (Fsp3) is 0.400. The molecule has 5 rings (SSSR count). The smallest absolute Gasteiger partial charge is 0.248 e. The number of sulfonamides is 1. The molecule has 3 aromatic carbocycles. The van der Waals surface area contributed by atoms with Crippen molar-refractivity contribution in [1.29, 1.82) is 0 Å². The number of nitrogens with one attached hydrogen (secondary N) is 1. The van der Waals surface area contributed by atoms with E-state index in [2.05, 4.69) is 10.2 Å². The number of benzene rings is 3. The van der Waals surface area contributed by atoms with Gasteiger partial charge >= 0.3 is 0 Å². The van der Waals surface area contributed by atoms with E-state index in [0.29, 0.717) is 42.8 Å². The molecule has 2 heterocycles. The monoisotopic (exact) mass is 667 g/mol. The minimum absolute atomic E-state index is 0.136. The number of amides is 1. The van der Waals surface area contributed by atoms with Gasteiger partial charge < -0.3 is 29.2 Å². The molecule has 3 aromatic rings. The summed E-state index contributed by atoms with van der Waals surface area (Å²) in [6.45, 7) is 5.74. The Morgan fingerprint density at radius 2 is 1.60 bits per heavy atom. The lowest BCUT2D eigenvalue weighted by molar-refractivity contribution is -0.111. The van der Waals surface area contributed by atoms with Gasteiger partial charge in [0.2, 0.25) is 15.9 Å². The molecule has 2 aliphatic rings. The molecule has 0 bridgehead atoms. The summed E-state index contributed by atoms with van der Waals surface area (Å²) in [6, 6.07) is 16.1. The maximum atomic E-state index is 13.4. The average molecular weight is 668 g/mol. The van der Waals surface area contributed by atoms with Crippen molar-refractivity contribution in [3.63, 3.8) is 0 Å². The van der Waals surface area contributed by atoms with E-state index in [1.165, 1.54) is 22.5 Å². The Labute approximate surface area is 276 Å². The molecule has 10 nitrogen and oxygen atoms in total. The van der Waals surface area contributed by atoms with E-state index >= 15 is 0 Å². The first-order valence-corrected chi connectivity index (χ1v) is 17.5. The van der Waals surface area contributed by atoms with Crippen molar-refractivity contribution in [2.24, 2.45) is 0 Å². The van der Waals surface area contributed by atoms with Crippen LogP contribution >= 0.6 is 0 Å². The first-order valence-electron chi connectivity index (χ1n) is 16.1. The zero-order chi connectivity index (χ0) is 33.1. The SMILES string of the molecule is CCOc1cc(/C=C/C(=O)Nc2cc(S(=O)(=O)N3CCOCC3)ccc2N2CCCCCC2)ccc1OCCOc1ccc(F)cc1. The number of rotatable bonds is 13. The molecule has 0 atom stereocenters. The first-order chi connectivity index (χ1) is 22.8. The van der Waals surface area contributed by atoms with Crippen molar-refractivity contribution >= 4 is 33.4 Å². The van der Waals surface area contributed by atoms with E-state index in [-0.39, 0.29) is 37.0 Å². The van der Waals surface area contributed by atoms with Crippen LogP contribution < -0.4 is 24.4 Å². The molecule has 2 saturated heterocycles. The molecule has 0 spiro atoms. The van der Waals surface area contributed by atoms with Gasteiger partial charge in [-0.15, -0.1) is 0 Å². The Balaban J connectivity index is 1.28. The summed E-state index contributed by atoms with van der Waals surface area (Å²) in [5.41, 5.74) is 1.98. The number of nitrogens with zero attached hydrogens (tertiary/aromatic N) is 2. The predicted molar refractivity (Wildman–Crippen MR) is 179 cm³/mol. The molecule has 12 heteroatoms. The summed E-state index contributed by atoms with van der Waals surface area (Å²) in [4.78, 5) is 15.6. The summed E-state index contributed by atoms with van der Waals surface area (Å²) >= 11 is 0. The quantitative estimate of drug-likeness (QED) is 0.182. The molecule has 0 saturated carbocycles. The fourth-order valence-corrected chi connectivity index (χ4v) is 6.94. The molecular formula is C35H42FN3O7S. The number of carbonyl (C=O) groups is 1. The molecule has 0 aliphatic carbocycles. The van der Waals surface area contributed by atoms with E-state index < -0.39 is 15.9 Å². The lowest BCUT2D eigenvalue weighted by Gasteiger charge is -2.28. The van der Waals surface area contributed by atoms with E-state index in [1.54, 1.807) is 54.6 Å².